The fraction of sp³-hybridized carbons (Fsp3) is 0.625. The number of ether oxygens (including phenoxy) is 1. The molecule has 0 aromatic heterocycles. The molecule has 0 amide bonds. The first-order valence-electron chi connectivity index (χ1n) is 7.31. The maximum atomic E-state index is 9.61. The quantitative estimate of drug-likeness (QED) is 0.852. The molecule has 0 radical (unpaired) electrons. The Morgan fingerprint density at radius 1 is 1.32 bits per heavy atom. The third kappa shape index (κ3) is 3.87. The van der Waals surface area contributed by atoms with Gasteiger partial charge in [0, 0.05) is 6.04 Å². The van der Waals surface area contributed by atoms with E-state index in [0.717, 1.165) is 18.0 Å². The van der Waals surface area contributed by atoms with Crippen molar-refractivity contribution in [2.45, 2.75) is 45.1 Å². The molecule has 1 saturated carbocycles. The third-order valence-corrected chi connectivity index (χ3v) is 4.14. The molecule has 1 aliphatic carbocycles. The van der Waals surface area contributed by atoms with Gasteiger partial charge < -0.3 is 15.2 Å². The van der Waals surface area contributed by atoms with Crippen LogP contribution in [0.4, 0.5) is 0 Å². The first kappa shape index (κ1) is 14.2. The van der Waals surface area contributed by atoms with Crippen LogP contribution < -0.4 is 10.1 Å². The van der Waals surface area contributed by atoms with Crippen LogP contribution in [0.15, 0.2) is 18.2 Å². The molecule has 106 valence electrons. The van der Waals surface area contributed by atoms with Gasteiger partial charge in [-0.15, -0.1) is 0 Å². The molecule has 0 spiro atoms. The molecule has 0 bridgehead atoms. The Labute approximate surface area is 116 Å². The number of benzene rings is 1. The number of methoxy groups -OCH3 is 1. The highest BCUT2D eigenvalue weighted by Crippen LogP contribution is 2.29. The largest absolute Gasteiger partial charge is 0.504 e. The molecule has 3 nitrogen and oxygen atoms in total. The molecular formula is C16H25NO2. The number of nitrogens with one attached hydrogen (secondary N) is 1. The molecule has 1 aliphatic rings. The average molecular weight is 263 g/mol. The van der Waals surface area contributed by atoms with Crippen molar-refractivity contribution in [1.82, 2.24) is 5.32 Å². The molecule has 2 rings (SSSR count). The summed E-state index contributed by atoms with van der Waals surface area (Å²) in [6.07, 6.45) is 6.89. The number of aromatic hydroxyl groups is 1. The summed E-state index contributed by atoms with van der Waals surface area (Å²) in [5.41, 5.74) is 1.16. The SMILES string of the molecule is COc1cc(C(C)NCC2CCCCC2)ccc1O. The van der Waals surface area contributed by atoms with Crippen molar-refractivity contribution in [2.24, 2.45) is 5.92 Å². The van der Waals surface area contributed by atoms with Crippen LogP contribution in [0, 0.1) is 5.92 Å². The van der Waals surface area contributed by atoms with E-state index >= 15 is 0 Å². The van der Waals surface area contributed by atoms with E-state index in [9.17, 15) is 5.11 Å². The minimum absolute atomic E-state index is 0.200. The van der Waals surface area contributed by atoms with E-state index in [1.54, 1.807) is 13.2 Å². The second kappa shape index (κ2) is 6.80. The second-order valence-corrected chi connectivity index (χ2v) is 5.57. The predicted molar refractivity (Wildman–Crippen MR) is 77.7 cm³/mol. The van der Waals surface area contributed by atoms with Gasteiger partial charge in [0.2, 0.25) is 0 Å². The Morgan fingerprint density at radius 2 is 2.05 bits per heavy atom. The lowest BCUT2D eigenvalue weighted by atomic mass is 9.89. The Balaban J connectivity index is 1.89. The van der Waals surface area contributed by atoms with Crippen LogP contribution in [-0.2, 0) is 0 Å². The Bertz CT molecular complexity index is 400. The highest BCUT2D eigenvalue weighted by molar-refractivity contribution is 5.42. The Morgan fingerprint density at radius 3 is 2.74 bits per heavy atom. The monoisotopic (exact) mass is 263 g/mol. The minimum atomic E-state index is 0.200. The van der Waals surface area contributed by atoms with Crippen LogP contribution in [-0.4, -0.2) is 18.8 Å². The molecular weight excluding hydrogens is 238 g/mol. The van der Waals surface area contributed by atoms with Crippen molar-refractivity contribution in [1.29, 1.82) is 0 Å². The van der Waals surface area contributed by atoms with E-state index in [2.05, 4.69) is 12.2 Å². The molecule has 0 saturated heterocycles. The van der Waals surface area contributed by atoms with Gasteiger partial charge in [0.25, 0.3) is 0 Å². The maximum absolute atomic E-state index is 9.61. The summed E-state index contributed by atoms with van der Waals surface area (Å²) in [5, 5.41) is 13.2. The third-order valence-electron chi connectivity index (χ3n) is 4.14. The summed E-state index contributed by atoms with van der Waals surface area (Å²) in [4.78, 5) is 0. The van der Waals surface area contributed by atoms with Gasteiger partial charge >= 0.3 is 0 Å². The number of hydrogen-bond acceptors (Lipinski definition) is 3. The number of rotatable bonds is 5. The van der Waals surface area contributed by atoms with E-state index in [0.29, 0.717) is 5.75 Å². The normalized spacial score (nSPS) is 18.2. The molecule has 0 aliphatic heterocycles. The molecule has 0 heterocycles. The smallest absolute Gasteiger partial charge is 0.160 e. The minimum Gasteiger partial charge on any atom is -0.504 e. The van der Waals surface area contributed by atoms with E-state index in [-0.39, 0.29) is 11.8 Å². The summed E-state index contributed by atoms with van der Waals surface area (Å²) in [6.45, 7) is 3.25. The zero-order chi connectivity index (χ0) is 13.7. The van der Waals surface area contributed by atoms with Crippen molar-refractivity contribution in [3.05, 3.63) is 23.8 Å². The number of hydrogen-bond donors (Lipinski definition) is 2. The summed E-state index contributed by atoms with van der Waals surface area (Å²) in [5.74, 6) is 1.57. The zero-order valence-electron chi connectivity index (χ0n) is 12.0. The Kier molecular flexibility index (Phi) is 5.08. The molecule has 3 heteroatoms. The van der Waals surface area contributed by atoms with Gasteiger partial charge in [0.05, 0.1) is 7.11 Å². The zero-order valence-corrected chi connectivity index (χ0v) is 12.0. The average Bonchev–Trinajstić information content (AvgIpc) is 2.46. The van der Waals surface area contributed by atoms with Crippen LogP contribution in [0.2, 0.25) is 0 Å². The molecule has 1 unspecified atom stereocenters. The Hall–Kier alpha value is -1.22. The van der Waals surface area contributed by atoms with E-state index < -0.39 is 0 Å². The van der Waals surface area contributed by atoms with Gasteiger partial charge in [-0.1, -0.05) is 25.3 Å². The van der Waals surface area contributed by atoms with Crippen LogP contribution in [0.5, 0.6) is 11.5 Å². The first-order chi connectivity index (χ1) is 9.20. The molecule has 1 atom stereocenters. The van der Waals surface area contributed by atoms with Gasteiger partial charge in [-0.25, -0.2) is 0 Å². The number of phenolic OH excluding ortho intramolecular Hbond substituents is 1. The lowest BCUT2D eigenvalue weighted by Crippen LogP contribution is -2.27. The van der Waals surface area contributed by atoms with Crippen molar-refractivity contribution >= 4 is 0 Å². The molecule has 2 N–H and O–H groups in total. The summed E-state index contributed by atoms with van der Waals surface area (Å²) in [6, 6.07) is 5.86. The van der Waals surface area contributed by atoms with Gasteiger partial charge in [0.15, 0.2) is 11.5 Å². The van der Waals surface area contributed by atoms with Crippen molar-refractivity contribution in [3.63, 3.8) is 0 Å². The highest BCUT2D eigenvalue weighted by atomic mass is 16.5. The molecule has 1 fully saturated rings. The van der Waals surface area contributed by atoms with Crippen LogP contribution in [0.25, 0.3) is 0 Å². The standard InChI is InChI=1S/C16H25NO2/c1-12(17-11-13-6-4-3-5-7-13)14-8-9-15(18)16(10-14)19-2/h8-10,12-13,17-18H,3-7,11H2,1-2H3. The summed E-state index contributed by atoms with van der Waals surface area (Å²) in [7, 11) is 1.58. The summed E-state index contributed by atoms with van der Waals surface area (Å²) >= 11 is 0. The number of phenols is 1. The molecule has 19 heavy (non-hydrogen) atoms. The maximum Gasteiger partial charge on any atom is 0.160 e. The van der Waals surface area contributed by atoms with Crippen LogP contribution >= 0.6 is 0 Å². The second-order valence-electron chi connectivity index (χ2n) is 5.57. The van der Waals surface area contributed by atoms with Crippen molar-refractivity contribution < 1.29 is 9.84 Å². The van der Waals surface area contributed by atoms with Crippen LogP contribution in [0.3, 0.4) is 0 Å². The van der Waals surface area contributed by atoms with Crippen molar-refractivity contribution in [2.75, 3.05) is 13.7 Å². The first-order valence-corrected chi connectivity index (χ1v) is 7.31. The summed E-state index contributed by atoms with van der Waals surface area (Å²) < 4.78 is 5.15. The van der Waals surface area contributed by atoms with Crippen molar-refractivity contribution in [3.8, 4) is 11.5 Å². The van der Waals surface area contributed by atoms with Gasteiger partial charge in [-0.3, -0.25) is 0 Å². The fourth-order valence-corrected chi connectivity index (χ4v) is 2.82. The van der Waals surface area contributed by atoms with Gasteiger partial charge in [0.1, 0.15) is 0 Å². The molecule has 1 aromatic rings. The highest BCUT2D eigenvalue weighted by Gasteiger charge is 2.15. The lowest BCUT2D eigenvalue weighted by Gasteiger charge is -2.24. The van der Waals surface area contributed by atoms with Gasteiger partial charge in [-0.2, -0.15) is 0 Å². The van der Waals surface area contributed by atoms with E-state index in [1.165, 1.54) is 32.1 Å². The molecule has 1 aromatic carbocycles. The topological polar surface area (TPSA) is 41.5 Å². The predicted octanol–water partition coefficient (Wildman–Crippen LogP) is 3.63. The fourth-order valence-electron chi connectivity index (χ4n) is 2.82. The van der Waals surface area contributed by atoms with E-state index in [1.807, 2.05) is 12.1 Å². The van der Waals surface area contributed by atoms with Gasteiger partial charge in [-0.05, 0) is 49.9 Å². The van der Waals surface area contributed by atoms with E-state index in [4.69, 9.17) is 4.74 Å². The lowest BCUT2D eigenvalue weighted by molar-refractivity contribution is 0.331. The van der Waals surface area contributed by atoms with Crippen LogP contribution in [0.1, 0.15) is 50.6 Å².